The van der Waals surface area contributed by atoms with Gasteiger partial charge in [-0.15, -0.1) is 0 Å². The highest BCUT2D eigenvalue weighted by Gasteiger charge is 2.36. The van der Waals surface area contributed by atoms with Crippen molar-refractivity contribution < 1.29 is 13.2 Å². The summed E-state index contributed by atoms with van der Waals surface area (Å²) < 4.78 is 32.3. The summed E-state index contributed by atoms with van der Waals surface area (Å²) in [5, 5.41) is 0. The van der Waals surface area contributed by atoms with Crippen LogP contribution in [-0.2, 0) is 10.0 Å². The Kier molecular flexibility index (Phi) is 4.09. The fraction of sp³-hybridized carbons (Fsp3) is 0.571. The van der Waals surface area contributed by atoms with Gasteiger partial charge in [0.05, 0.1) is 12.0 Å². The van der Waals surface area contributed by atoms with Crippen LogP contribution in [0.2, 0.25) is 0 Å². The van der Waals surface area contributed by atoms with E-state index in [-0.39, 0.29) is 12.0 Å². The van der Waals surface area contributed by atoms with Crippen LogP contribution in [0.15, 0.2) is 17.0 Å². The van der Waals surface area contributed by atoms with Crippen LogP contribution in [-0.4, -0.2) is 39.0 Å². The van der Waals surface area contributed by atoms with E-state index >= 15 is 0 Å². The number of hydrogen-bond donors (Lipinski definition) is 1. The summed E-state index contributed by atoms with van der Waals surface area (Å²) in [6.45, 7) is 6.43. The van der Waals surface area contributed by atoms with Crippen LogP contribution < -0.4 is 10.5 Å². The lowest BCUT2D eigenvalue weighted by Gasteiger charge is -2.20. The van der Waals surface area contributed by atoms with Crippen LogP contribution in [0.4, 0.5) is 0 Å². The first kappa shape index (κ1) is 15.3. The second-order valence-electron chi connectivity index (χ2n) is 5.55. The second kappa shape index (κ2) is 5.35. The molecular weight excluding hydrogens is 276 g/mol. The number of hydrogen-bond acceptors (Lipinski definition) is 4. The van der Waals surface area contributed by atoms with Crippen LogP contribution in [0.3, 0.4) is 0 Å². The van der Waals surface area contributed by atoms with E-state index in [1.807, 2.05) is 6.92 Å². The minimum Gasteiger partial charge on any atom is -0.497 e. The molecule has 0 amide bonds. The first-order valence-corrected chi connectivity index (χ1v) is 8.12. The standard InChI is InChI=1S/C14H22N2O3S/c1-9-5-12(19-4)6-10(2)14(9)20(17,18)16-7-11(3)13(15)8-16/h5-6,11,13H,7-8,15H2,1-4H3. The molecule has 112 valence electrons. The molecule has 1 fully saturated rings. The maximum Gasteiger partial charge on any atom is 0.243 e. The van der Waals surface area contributed by atoms with E-state index in [0.717, 1.165) is 0 Å². The van der Waals surface area contributed by atoms with Crippen LogP contribution in [0.5, 0.6) is 5.75 Å². The number of aryl methyl sites for hydroxylation is 2. The van der Waals surface area contributed by atoms with Gasteiger partial charge in [-0.05, 0) is 43.0 Å². The Morgan fingerprint density at radius 1 is 1.25 bits per heavy atom. The van der Waals surface area contributed by atoms with Gasteiger partial charge in [-0.25, -0.2) is 8.42 Å². The summed E-state index contributed by atoms with van der Waals surface area (Å²) in [4.78, 5) is 0.375. The maximum atomic E-state index is 12.8. The van der Waals surface area contributed by atoms with Gasteiger partial charge in [0.1, 0.15) is 5.75 Å². The molecule has 0 bridgehead atoms. The van der Waals surface area contributed by atoms with Crippen LogP contribution in [0.1, 0.15) is 18.1 Å². The van der Waals surface area contributed by atoms with Crippen molar-refractivity contribution in [3.8, 4) is 5.75 Å². The number of ether oxygens (including phenoxy) is 1. The predicted octanol–water partition coefficient (Wildman–Crippen LogP) is 1.28. The van der Waals surface area contributed by atoms with Crippen LogP contribution in [0, 0.1) is 19.8 Å². The van der Waals surface area contributed by atoms with Gasteiger partial charge in [-0.3, -0.25) is 0 Å². The molecule has 1 aromatic rings. The molecule has 0 aromatic heterocycles. The van der Waals surface area contributed by atoms with Crippen molar-refractivity contribution in [2.45, 2.75) is 31.7 Å². The minimum atomic E-state index is -3.49. The van der Waals surface area contributed by atoms with E-state index in [1.165, 1.54) is 4.31 Å². The molecular formula is C14H22N2O3S. The van der Waals surface area contributed by atoms with Crippen molar-refractivity contribution in [3.63, 3.8) is 0 Å². The third-order valence-corrected chi connectivity index (χ3v) is 6.04. The average Bonchev–Trinajstić information content (AvgIpc) is 2.69. The average molecular weight is 298 g/mol. The van der Waals surface area contributed by atoms with Crippen molar-refractivity contribution in [1.29, 1.82) is 0 Å². The third-order valence-electron chi connectivity index (χ3n) is 3.90. The van der Waals surface area contributed by atoms with Crippen molar-refractivity contribution >= 4 is 10.0 Å². The Labute approximate surface area is 120 Å². The molecule has 2 atom stereocenters. The van der Waals surface area contributed by atoms with Crippen LogP contribution in [0.25, 0.3) is 0 Å². The van der Waals surface area contributed by atoms with Gasteiger partial charge in [0, 0.05) is 19.1 Å². The topological polar surface area (TPSA) is 72.6 Å². The summed E-state index contributed by atoms with van der Waals surface area (Å²) in [5.74, 6) is 0.856. The summed E-state index contributed by atoms with van der Waals surface area (Å²) >= 11 is 0. The number of nitrogens with zero attached hydrogens (tertiary/aromatic N) is 1. The second-order valence-corrected chi connectivity index (χ2v) is 7.43. The number of nitrogens with two attached hydrogens (primary N) is 1. The molecule has 1 heterocycles. The summed E-state index contributed by atoms with van der Waals surface area (Å²) in [6, 6.07) is 3.40. The van der Waals surface area contributed by atoms with E-state index < -0.39 is 10.0 Å². The number of methoxy groups -OCH3 is 1. The van der Waals surface area contributed by atoms with Crippen molar-refractivity contribution in [2.75, 3.05) is 20.2 Å². The zero-order chi connectivity index (χ0) is 15.1. The molecule has 0 saturated carbocycles. The van der Waals surface area contributed by atoms with Gasteiger partial charge >= 0.3 is 0 Å². The molecule has 2 rings (SSSR count). The molecule has 1 aromatic carbocycles. The number of rotatable bonds is 3. The minimum absolute atomic E-state index is 0.0939. The molecule has 20 heavy (non-hydrogen) atoms. The van der Waals surface area contributed by atoms with E-state index in [0.29, 0.717) is 34.9 Å². The highest BCUT2D eigenvalue weighted by molar-refractivity contribution is 7.89. The highest BCUT2D eigenvalue weighted by atomic mass is 32.2. The Morgan fingerprint density at radius 2 is 1.80 bits per heavy atom. The zero-order valence-electron chi connectivity index (χ0n) is 12.4. The maximum absolute atomic E-state index is 12.8. The van der Waals surface area contributed by atoms with Crippen molar-refractivity contribution in [3.05, 3.63) is 23.3 Å². The lowest BCUT2D eigenvalue weighted by atomic mass is 10.1. The number of benzene rings is 1. The van der Waals surface area contributed by atoms with E-state index in [4.69, 9.17) is 10.5 Å². The molecule has 0 aliphatic carbocycles. The zero-order valence-corrected chi connectivity index (χ0v) is 13.2. The quantitative estimate of drug-likeness (QED) is 0.912. The Bertz CT molecular complexity index is 580. The normalized spacial score (nSPS) is 24.1. The summed E-state index contributed by atoms with van der Waals surface area (Å²) in [6.07, 6.45) is 0. The first-order chi connectivity index (χ1) is 9.27. The van der Waals surface area contributed by atoms with Gasteiger partial charge in [-0.2, -0.15) is 4.31 Å². The molecule has 0 radical (unpaired) electrons. The first-order valence-electron chi connectivity index (χ1n) is 6.68. The highest BCUT2D eigenvalue weighted by Crippen LogP contribution is 2.30. The van der Waals surface area contributed by atoms with Gasteiger partial charge in [-0.1, -0.05) is 6.92 Å². The monoisotopic (exact) mass is 298 g/mol. The third kappa shape index (κ3) is 2.55. The van der Waals surface area contributed by atoms with Gasteiger partial charge in [0.15, 0.2) is 0 Å². The lowest BCUT2D eigenvalue weighted by Crippen LogP contribution is -2.33. The Hall–Kier alpha value is -1.11. The molecule has 6 heteroatoms. The Morgan fingerprint density at radius 3 is 2.20 bits per heavy atom. The van der Waals surface area contributed by atoms with E-state index in [1.54, 1.807) is 33.1 Å². The fourth-order valence-corrected chi connectivity index (χ4v) is 4.70. The van der Waals surface area contributed by atoms with E-state index in [2.05, 4.69) is 0 Å². The SMILES string of the molecule is COc1cc(C)c(S(=O)(=O)N2CC(C)C(N)C2)c(C)c1. The van der Waals surface area contributed by atoms with Crippen LogP contribution >= 0.6 is 0 Å². The molecule has 0 spiro atoms. The molecule has 1 aliphatic rings. The molecule has 1 saturated heterocycles. The smallest absolute Gasteiger partial charge is 0.243 e. The van der Waals surface area contributed by atoms with Crippen molar-refractivity contribution in [1.82, 2.24) is 4.31 Å². The molecule has 2 N–H and O–H groups in total. The predicted molar refractivity (Wildman–Crippen MR) is 78.4 cm³/mol. The summed E-state index contributed by atoms with van der Waals surface area (Å²) in [5.41, 5.74) is 7.35. The van der Waals surface area contributed by atoms with Gasteiger partial charge in [0.2, 0.25) is 10.0 Å². The molecule has 1 aliphatic heterocycles. The van der Waals surface area contributed by atoms with Gasteiger partial charge < -0.3 is 10.5 Å². The fourth-order valence-electron chi connectivity index (χ4n) is 2.71. The number of sulfonamides is 1. The molecule has 5 nitrogen and oxygen atoms in total. The Balaban J connectivity index is 2.45. The largest absolute Gasteiger partial charge is 0.497 e. The van der Waals surface area contributed by atoms with Crippen molar-refractivity contribution in [2.24, 2.45) is 11.7 Å². The lowest BCUT2D eigenvalue weighted by molar-refractivity contribution is 0.413. The summed E-state index contributed by atoms with van der Waals surface area (Å²) in [7, 11) is -1.92. The van der Waals surface area contributed by atoms with Gasteiger partial charge in [0.25, 0.3) is 0 Å². The van der Waals surface area contributed by atoms with E-state index in [9.17, 15) is 8.42 Å². The molecule has 2 unspecified atom stereocenters.